The van der Waals surface area contributed by atoms with Gasteiger partial charge in [-0.15, -0.1) is 0 Å². The summed E-state index contributed by atoms with van der Waals surface area (Å²) in [6, 6.07) is -1.39. The number of urea groups is 1. The van der Waals surface area contributed by atoms with E-state index in [-0.39, 0.29) is 11.5 Å². The van der Waals surface area contributed by atoms with Gasteiger partial charge in [-0.2, -0.15) is 0 Å². The first-order valence-corrected chi connectivity index (χ1v) is 7.78. The van der Waals surface area contributed by atoms with Crippen molar-refractivity contribution in [1.29, 1.82) is 0 Å². The number of aliphatic carboxylic acids is 1. The van der Waals surface area contributed by atoms with E-state index in [1.54, 1.807) is 0 Å². The van der Waals surface area contributed by atoms with Crippen molar-refractivity contribution in [2.24, 2.45) is 5.73 Å². The first-order valence-electron chi connectivity index (χ1n) is 5.95. The summed E-state index contributed by atoms with van der Waals surface area (Å²) in [7, 11) is -3.19. The van der Waals surface area contributed by atoms with Gasteiger partial charge in [0.25, 0.3) is 0 Å². The second-order valence-electron chi connectivity index (χ2n) is 4.62. The molecule has 1 aliphatic heterocycles. The second kappa shape index (κ2) is 6.55. The number of rotatable bonds is 5. The minimum atomic E-state index is -3.19. The lowest BCUT2D eigenvalue weighted by Crippen LogP contribution is -2.52. The summed E-state index contributed by atoms with van der Waals surface area (Å²) in [5, 5.41) is 11.1. The molecule has 0 aromatic rings. The van der Waals surface area contributed by atoms with Gasteiger partial charge in [0.05, 0.1) is 11.5 Å². The molecule has 1 aliphatic rings. The lowest BCUT2D eigenvalue weighted by atomic mass is 10.2. The number of nitrogens with zero attached hydrogens (tertiary/aromatic N) is 1. The number of nitrogens with one attached hydrogen (secondary N) is 1. The molecule has 1 atom stereocenters. The van der Waals surface area contributed by atoms with E-state index in [1.807, 2.05) is 0 Å². The number of hydrogen-bond donors (Lipinski definition) is 3. The minimum absolute atomic E-state index is 0.0828. The van der Waals surface area contributed by atoms with E-state index in [0.717, 1.165) is 4.90 Å². The standard InChI is InChI=1S/C10H17N3O6S/c11-8(14)4-13(5-9(15)16)10(17)12-7-2-1-3-20(18,19)6-7/h7H,1-6H2,(H2,11,14)(H,12,17)(H,15,16). The van der Waals surface area contributed by atoms with E-state index in [1.165, 1.54) is 0 Å². The fourth-order valence-corrected chi connectivity index (χ4v) is 3.59. The normalized spacial score (nSPS) is 20.9. The van der Waals surface area contributed by atoms with E-state index in [9.17, 15) is 22.8 Å². The average molecular weight is 307 g/mol. The molecule has 0 bridgehead atoms. The highest BCUT2D eigenvalue weighted by Gasteiger charge is 2.28. The van der Waals surface area contributed by atoms with Crippen LogP contribution in [0.2, 0.25) is 0 Å². The van der Waals surface area contributed by atoms with Crippen molar-refractivity contribution in [2.75, 3.05) is 24.6 Å². The molecule has 3 amide bonds. The second-order valence-corrected chi connectivity index (χ2v) is 6.85. The highest BCUT2D eigenvalue weighted by Crippen LogP contribution is 2.12. The molecule has 0 aliphatic carbocycles. The molecule has 9 nitrogen and oxygen atoms in total. The van der Waals surface area contributed by atoms with Gasteiger partial charge in [0.2, 0.25) is 5.91 Å². The van der Waals surface area contributed by atoms with Crippen LogP contribution in [0.3, 0.4) is 0 Å². The first-order chi connectivity index (χ1) is 9.19. The van der Waals surface area contributed by atoms with Crippen LogP contribution < -0.4 is 11.1 Å². The summed E-state index contributed by atoms with van der Waals surface area (Å²) in [6.07, 6.45) is 0.921. The number of carbonyl (C=O) groups is 3. The molecule has 10 heteroatoms. The zero-order valence-electron chi connectivity index (χ0n) is 10.7. The van der Waals surface area contributed by atoms with E-state index < -0.39 is 46.9 Å². The smallest absolute Gasteiger partial charge is 0.323 e. The van der Waals surface area contributed by atoms with Gasteiger partial charge in [0.15, 0.2) is 9.84 Å². The molecule has 1 saturated heterocycles. The molecular weight excluding hydrogens is 290 g/mol. The summed E-state index contributed by atoms with van der Waals surface area (Å²) in [5.41, 5.74) is 4.93. The van der Waals surface area contributed by atoms with Crippen molar-refractivity contribution in [3.8, 4) is 0 Å². The van der Waals surface area contributed by atoms with Gasteiger partial charge < -0.3 is 21.1 Å². The third-order valence-corrected chi connectivity index (χ3v) is 4.57. The Labute approximate surface area is 116 Å². The molecule has 1 unspecified atom stereocenters. The molecule has 20 heavy (non-hydrogen) atoms. The van der Waals surface area contributed by atoms with Gasteiger partial charge in [0, 0.05) is 6.04 Å². The van der Waals surface area contributed by atoms with Gasteiger partial charge in [-0.05, 0) is 12.8 Å². The Kier molecular flexibility index (Phi) is 5.31. The zero-order chi connectivity index (χ0) is 15.3. The van der Waals surface area contributed by atoms with Crippen molar-refractivity contribution in [3.05, 3.63) is 0 Å². The third kappa shape index (κ3) is 5.43. The maximum Gasteiger partial charge on any atom is 0.323 e. The lowest BCUT2D eigenvalue weighted by Gasteiger charge is -2.26. The Hall–Kier alpha value is -1.84. The molecule has 1 fully saturated rings. The molecule has 4 N–H and O–H groups in total. The summed E-state index contributed by atoms with van der Waals surface area (Å²) < 4.78 is 22.9. The molecule has 0 radical (unpaired) electrons. The van der Waals surface area contributed by atoms with Crippen LogP contribution in [0.4, 0.5) is 4.79 Å². The van der Waals surface area contributed by atoms with Gasteiger partial charge in [0.1, 0.15) is 13.1 Å². The van der Waals surface area contributed by atoms with Crippen LogP contribution in [0.15, 0.2) is 0 Å². The Bertz CT molecular complexity index is 487. The lowest BCUT2D eigenvalue weighted by molar-refractivity contribution is -0.137. The van der Waals surface area contributed by atoms with E-state index in [0.29, 0.717) is 12.8 Å². The molecule has 0 aromatic heterocycles. The molecule has 0 saturated carbocycles. The van der Waals surface area contributed by atoms with E-state index in [2.05, 4.69) is 5.32 Å². The summed E-state index contributed by atoms with van der Waals surface area (Å²) >= 11 is 0. The van der Waals surface area contributed by atoms with Crippen LogP contribution in [-0.2, 0) is 19.4 Å². The molecule has 114 valence electrons. The van der Waals surface area contributed by atoms with Crippen molar-refractivity contribution in [1.82, 2.24) is 10.2 Å². The van der Waals surface area contributed by atoms with Gasteiger partial charge in [-0.1, -0.05) is 0 Å². The number of amides is 3. The monoisotopic (exact) mass is 307 g/mol. The highest BCUT2D eigenvalue weighted by molar-refractivity contribution is 7.91. The van der Waals surface area contributed by atoms with Crippen LogP contribution in [-0.4, -0.2) is 67.0 Å². The fourth-order valence-electron chi connectivity index (χ4n) is 1.95. The topological polar surface area (TPSA) is 147 Å². The largest absolute Gasteiger partial charge is 0.480 e. The van der Waals surface area contributed by atoms with Crippen molar-refractivity contribution >= 4 is 27.7 Å². The SMILES string of the molecule is NC(=O)CN(CC(=O)O)C(=O)NC1CCCS(=O)(=O)C1. The van der Waals surface area contributed by atoms with Gasteiger partial charge in [-0.3, -0.25) is 9.59 Å². The molecule has 1 heterocycles. The number of nitrogens with two attached hydrogens (primary N) is 1. The number of primary amides is 1. The van der Waals surface area contributed by atoms with Gasteiger partial charge >= 0.3 is 12.0 Å². The van der Waals surface area contributed by atoms with Crippen LogP contribution in [0.5, 0.6) is 0 Å². The average Bonchev–Trinajstić information content (AvgIpc) is 2.25. The quantitative estimate of drug-likeness (QED) is 0.543. The highest BCUT2D eigenvalue weighted by atomic mass is 32.2. The number of carboxylic acids is 1. The minimum Gasteiger partial charge on any atom is -0.480 e. The Morgan fingerprint density at radius 2 is 1.95 bits per heavy atom. The number of sulfone groups is 1. The van der Waals surface area contributed by atoms with Crippen LogP contribution >= 0.6 is 0 Å². The Morgan fingerprint density at radius 3 is 2.45 bits per heavy atom. The van der Waals surface area contributed by atoms with Crippen molar-refractivity contribution < 1.29 is 27.9 Å². The maximum atomic E-state index is 11.8. The predicted octanol–water partition coefficient (Wildman–Crippen LogP) is -1.85. The van der Waals surface area contributed by atoms with Crippen LogP contribution in [0, 0.1) is 0 Å². The van der Waals surface area contributed by atoms with Crippen LogP contribution in [0.1, 0.15) is 12.8 Å². The Morgan fingerprint density at radius 1 is 1.30 bits per heavy atom. The predicted molar refractivity (Wildman–Crippen MR) is 68.6 cm³/mol. The molecule has 0 spiro atoms. The third-order valence-electron chi connectivity index (χ3n) is 2.75. The fraction of sp³-hybridized carbons (Fsp3) is 0.700. The van der Waals surface area contributed by atoms with Crippen LogP contribution in [0.25, 0.3) is 0 Å². The molecule has 1 rings (SSSR count). The number of hydrogen-bond acceptors (Lipinski definition) is 5. The van der Waals surface area contributed by atoms with Gasteiger partial charge in [-0.25, -0.2) is 13.2 Å². The summed E-state index contributed by atoms with van der Waals surface area (Å²) in [5.74, 6) is -2.24. The van der Waals surface area contributed by atoms with E-state index >= 15 is 0 Å². The maximum absolute atomic E-state index is 11.8. The number of carbonyl (C=O) groups excluding carboxylic acids is 2. The molecular formula is C10H17N3O6S. The first kappa shape index (κ1) is 16.2. The molecule has 0 aromatic carbocycles. The summed E-state index contributed by atoms with van der Waals surface area (Å²) in [4.78, 5) is 34.0. The zero-order valence-corrected chi connectivity index (χ0v) is 11.6. The van der Waals surface area contributed by atoms with Crippen molar-refractivity contribution in [3.63, 3.8) is 0 Å². The Balaban J connectivity index is 2.65. The number of carboxylic acid groups (broad SMARTS) is 1. The van der Waals surface area contributed by atoms with Crippen molar-refractivity contribution in [2.45, 2.75) is 18.9 Å². The van der Waals surface area contributed by atoms with E-state index in [4.69, 9.17) is 10.8 Å². The summed E-state index contributed by atoms with van der Waals surface area (Å²) in [6.45, 7) is -1.23.